The fourth-order valence-corrected chi connectivity index (χ4v) is 1.47. The van der Waals surface area contributed by atoms with Gasteiger partial charge in [-0.15, -0.1) is 0 Å². The average Bonchev–Trinajstić information content (AvgIpc) is 2.41. The predicted octanol–water partition coefficient (Wildman–Crippen LogP) is 2.42. The van der Waals surface area contributed by atoms with Crippen LogP contribution >= 0.6 is 0 Å². The molecule has 0 amide bonds. The van der Waals surface area contributed by atoms with Crippen LogP contribution in [-0.2, 0) is 0 Å². The van der Waals surface area contributed by atoms with E-state index in [2.05, 4.69) is 10.1 Å². The van der Waals surface area contributed by atoms with Gasteiger partial charge in [0.25, 0.3) is 0 Å². The number of aryl methyl sites for hydroxylation is 1. The maximum Gasteiger partial charge on any atom is 0.230 e. The number of benzene rings is 1. The molecule has 0 spiro atoms. The van der Waals surface area contributed by atoms with Crippen molar-refractivity contribution in [1.82, 2.24) is 4.98 Å². The van der Waals surface area contributed by atoms with Crippen molar-refractivity contribution in [1.29, 1.82) is 0 Å². The highest BCUT2D eigenvalue weighted by Crippen LogP contribution is 2.23. The van der Waals surface area contributed by atoms with E-state index in [1.165, 1.54) is 24.3 Å². The molecule has 3 N–H and O–H groups in total. The van der Waals surface area contributed by atoms with Gasteiger partial charge >= 0.3 is 0 Å². The standard InChI is InChI=1S/C13H12FN3O2/c1-8-2-7-11(12(15)17-18)13(16-8)19-10-5-3-9(14)4-6-10/h2-7,18H,1H3,(H2,15,17). The van der Waals surface area contributed by atoms with Gasteiger partial charge < -0.3 is 15.7 Å². The van der Waals surface area contributed by atoms with E-state index < -0.39 is 0 Å². The van der Waals surface area contributed by atoms with E-state index in [9.17, 15) is 4.39 Å². The van der Waals surface area contributed by atoms with Crippen molar-refractivity contribution in [2.45, 2.75) is 6.92 Å². The molecule has 0 aliphatic heterocycles. The second-order valence-corrected chi connectivity index (χ2v) is 3.85. The van der Waals surface area contributed by atoms with Crippen molar-refractivity contribution in [3.8, 4) is 11.6 Å². The minimum Gasteiger partial charge on any atom is -0.438 e. The molecule has 5 nitrogen and oxygen atoms in total. The Bertz CT molecular complexity index is 612. The normalized spacial score (nSPS) is 11.4. The monoisotopic (exact) mass is 261 g/mol. The number of amidine groups is 1. The number of ether oxygens (including phenoxy) is 1. The SMILES string of the molecule is Cc1ccc(/C(N)=N/O)c(Oc2ccc(F)cc2)n1. The van der Waals surface area contributed by atoms with Crippen molar-refractivity contribution in [2.24, 2.45) is 10.9 Å². The van der Waals surface area contributed by atoms with Crippen LogP contribution in [0.3, 0.4) is 0 Å². The van der Waals surface area contributed by atoms with Crippen LogP contribution in [-0.4, -0.2) is 16.0 Å². The molecule has 0 saturated heterocycles. The lowest BCUT2D eigenvalue weighted by molar-refractivity contribution is 0.318. The number of rotatable bonds is 3. The van der Waals surface area contributed by atoms with Crippen LogP contribution in [0.1, 0.15) is 11.3 Å². The maximum absolute atomic E-state index is 12.8. The molecule has 0 atom stereocenters. The van der Waals surface area contributed by atoms with Gasteiger partial charge in [-0.1, -0.05) is 5.16 Å². The van der Waals surface area contributed by atoms with Gasteiger partial charge in [-0.2, -0.15) is 0 Å². The van der Waals surface area contributed by atoms with Crippen LogP contribution in [0.4, 0.5) is 4.39 Å². The smallest absolute Gasteiger partial charge is 0.230 e. The number of hydrogen-bond acceptors (Lipinski definition) is 4. The van der Waals surface area contributed by atoms with E-state index in [-0.39, 0.29) is 17.5 Å². The molecule has 0 aliphatic rings. The molecule has 0 fully saturated rings. The van der Waals surface area contributed by atoms with Gasteiger partial charge in [-0.25, -0.2) is 9.37 Å². The summed E-state index contributed by atoms with van der Waals surface area (Å²) in [5, 5.41) is 11.6. The number of pyridine rings is 1. The molecule has 1 heterocycles. The lowest BCUT2D eigenvalue weighted by Gasteiger charge is -2.09. The van der Waals surface area contributed by atoms with E-state index in [4.69, 9.17) is 15.7 Å². The van der Waals surface area contributed by atoms with Gasteiger partial charge in [0, 0.05) is 5.69 Å². The van der Waals surface area contributed by atoms with Gasteiger partial charge in [-0.05, 0) is 43.3 Å². The molecule has 0 bridgehead atoms. The Labute approximate surface area is 109 Å². The first kappa shape index (κ1) is 12.8. The van der Waals surface area contributed by atoms with Gasteiger partial charge in [-0.3, -0.25) is 0 Å². The van der Waals surface area contributed by atoms with Crippen molar-refractivity contribution in [3.63, 3.8) is 0 Å². The third kappa shape index (κ3) is 2.98. The maximum atomic E-state index is 12.8. The zero-order chi connectivity index (χ0) is 13.8. The summed E-state index contributed by atoms with van der Waals surface area (Å²) in [6, 6.07) is 8.83. The first-order chi connectivity index (χ1) is 9.10. The molecule has 2 aromatic rings. The summed E-state index contributed by atoms with van der Waals surface area (Å²) >= 11 is 0. The summed E-state index contributed by atoms with van der Waals surface area (Å²) in [7, 11) is 0. The fraction of sp³-hybridized carbons (Fsp3) is 0.0769. The van der Waals surface area contributed by atoms with Gasteiger partial charge in [0.05, 0.1) is 5.56 Å². The van der Waals surface area contributed by atoms with Gasteiger partial charge in [0.1, 0.15) is 11.6 Å². The van der Waals surface area contributed by atoms with Crippen LogP contribution in [0.5, 0.6) is 11.6 Å². The average molecular weight is 261 g/mol. The quantitative estimate of drug-likeness (QED) is 0.385. The first-order valence-corrected chi connectivity index (χ1v) is 5.49. The minimum absolute atomic E-state index is 0.107. The Morgan fingerprint density at radius 1 is 1.26 bits per heavy atom. The molecule has 98 valence electrons. The van der Waals surface area contributed by atoms with Crippen LogP contribution in [0.25, 0.3) is 0 Å². The molecular weight excluding hydrogens is 249 g/mol. The summed E-state index contributed by atoms with van der Waals surface area (Å²) in [6.45, 7) is 1.79. The Balaban J connectivity index is 2.38. The topological polar surface area (TPSA) is 80.7 Å². The molecule has 6 heteroatoms. The number of nitrogens with zero attached hydrogens (tertiary/aromatic N) is 2. The summed E-state index contributed by atoms with van der Waals surface area (Å²) < 4.78 is 18.3. The molecular formula is C13H12FN3O2. The van der Waals surface area contributed by atoms with Crippen molar-refractivity contribution in [2.75, 3.05) is 0 Å². The van der Waals surface area contributed by atoms with E-state index >= 15 is 0 Å². The molecule has 1 aromatic carbocycles. The number of hydrogen-bond donors (Lipinski definition) is 2. The highest BCUT2D eigenvalue weighted by atomic mass is 19.1. The van der Waals surface area contributed by atoms with Crippen LogP contribution < -0.4 is 10.5 Å². The summed E-state index contributed by atoms with van der Waals surface area (Å²) in [5.41, 5.74) is 6.62. The van der Waals surface area contributed by atoms with Crippen molar-refractivity contribution in [3.05, 3.63) is 53.5 Å². The van der Waals surface area contributed by atoms with E-state index in [0.29, 0.717) is 17.0 Å². The van der Waals surface area contributed by atoms with Gasteiger partial charge in [0.2, 0.25) is 5.88 Å². The Morgan fingerprint density at radius 3 is 2.58 bits per heavy atom. The summed E-state index contributed by atoms with van der Waals surface area (Å²) in [4.78, 5) is 4.17. The number of oxime groups is 1. The minimum atomic E-state index is -0.360. The second-order valence-electron chi connectivity index (χ2n) is 3.85. The largest absolute Gasteiger partial charge is 0.438 e. The van der Waals surface area contributed by atoms with E-state index in [1.54, 1.807) is 19.1 Å². The van der Waals surface area contributed by atoms with Crippen LogP contribution in [0.15, 0.2) is 41.6 Å². The predicted molar refractivity (Wildman–Crippen MR) is 68.0 cm³/mol. The third-order valence-electron chi connectivity index (χ3n) is 2.41. The Kier molecular flexibility index (Phi) is 3.61. The van der Waals surface area contributed by atoms with Crippen molar-refractivity contribution < 1.29 is 14.3 Å². The highest BCUT2D eigenvalue weighted by molar-refractivity contribution is 5.99. The third-order valence-corrected chi connectivity index (χ3v) is 2.41. The molecule has 0 radical (unpaired) electrons. The Hall–Kier alpha value is -2.63. The molecule has 1 aromatic heterocycles. The van der Waals surface area contributed by atoms with Crippen LogP contribution in [0, 0.1) is 12.7 Å². The zero-order valence-electron chi connectivity index (χ0n) is 10.2. The van der Waals surface area contributed by atoms with Crippen LogP contribution in [0.2, 0.25) is 0 Å². The number of halogens is 1. The van der Waals surface area contributed by atoms with E-state index in [1.807, 2.05) is 0 Å². The number of nitrogens with two attached hydrogens (primary N) is 1. The van der Waals surface area contributed by atoms with Gasteiger partial charge in [0.15, 0.2) is 5.84 Å². The molecule has 0 saturated carbocycles. The lowest BCUT2D eigenvalue weighted by Crippen LogP contribution is -2.15. The van der Waals surface area contributed by atoms with E-state index in [0.717, 1.165) is 0 Å². The fourth-order valence-electron chi connectivity index (χ4n) is 1.47. The molecule has 0 aliphatic carbocycles. The molecule has 2 rings (SSSR count). The molecule has 0 unspecified atom stereocenters. The zero-order valence-corrected chi connectivity index (χ0v) is 10.2. The summed E-state index contributed by atoms with van der Waals surface area (Å²) in [5.74, 6) is 0.138. The lowest BCUT2D eigenvalue weighted by atomic mass is 10.2. The summed E-state index contributed by atoms with van der Waals surface area (Å²) in [6.07, 6.45) is 0. The van der Waals surface area contributed by atoms with Crippen molar-refractivity contribution >= 4 is 5.84 Å². The molecule has 19 heavy (non-hydrogen) atoms. The number of aromatic nitrogens is 1. The Morgan fingerprint density at radius 2 is 1.95 bits per heavy atom. The first-order valence-electron chi connectivity index (χ1n) is 5.49. The highest BCUT2D eigenvalue weighted by Gasteiger charge is 2.11. The second kappa shape index (κ2) is 5.34.